The van der Waals surface area contributed by atoms with Gasteiger partial charge in [0.25, 0.3) is 0 Å². The first-order chi connectivity index (χ1) is 9.67. The van der Waals surface area contributed by atoms with Crippen LogP contribution in [0, 0.1) is 5.92 Å². The molecule has 0 radical (unpaired) electrons. The summed E-state index contributed by atoms with van der Waals surface area (Å²) >= 11 is 0. The van der Waals surface area contributed by atoms with Gasteiger partial charge in [0.2, 0.25) is 0 Å². The van der Waals surface area contributed by atoms with Gasteiger partial charge in [-0.25, -0.2) is 0 Å². The third-order valence-electron chi connectivity index (χ3n) is 4.57. The molecule has 2 aliphatic rings. The Bertz CT molecular complexity index is 466. The molecule has 1 aliphatic carbocycles. The lowest BCUT2D eigenvalue weighted by Gasteiger charge is -2.28. The Kier molecular flexibility index (Phi) is 5.24. The Morgan fingerprint density at radius 3 is 2.80 bits per heavy atom. The minimum Gasteiger partial charge on any atom is -0.388 e. The number of likely N-dealkylation sites (N-methyl/N-ethyl adjacent to an activating group) is 2. The maximum absolute atomic E-state index is 3.46. The molecule has 1 unspecified atom stereocenters. The number of hydrogen-bond donors (Lipinski definition) is 1. The molecule has 0 aromatic rings. The predicted octanol–water partition coefficient (Wildman–Crippen LogP) is 3.65. The van der Waals surface area contributed by atoms with E-state index in [1.54, 1.807) is 11.1 Å². The first kappa shape index (κ1) is 15.1. The fourth-order valence-corrected chi connectivity index (χ4v) is 3.18. The van der Waals surface area contributed by atoms with Crippen molar-refractivity contribution < 1.29 is 0 Å². The molecule has 110 valence electrons. The van der Waals surface area contributed by atoms with Gasteiger partial charge in [0, 0.05) is 31.8 Å². The number of nitrogens with zero attached hydrogens (tertiary/aromatic N) is 1. The second-order valence-electron chi connectivity index (χ2n) is 5.84. The Labute approximate surface area is 123 Å². The highest BCUT2D eigenvalue weighted by molar-refractivity contribution is 5.42. The number of rotatable bonds is 4. The Morgan fingerprint density at radius 2 is 2.20 bits per heavy atom. The molecule has 0 saturated heterocycles. The van der Waals surface area contributed by atoms with Crippen LogP contribution in [0.1, 0.15) is 33.1 Å². The van der Waals surface area contributed by atoms with Crippen LogP contribution in [0.15, 0.2) is 46.7 Å². The van der Waals surface area contributed by atoms with Gasteiger partial charge in [-0.3, -0.25) is 0 Å². The molecule has 0 spiro atoms. The number of hydrogen-bond acceptors (Lipinski definition) is 2. The monoisotopic (exact) mass is 272 g/mol. The Morgan fingerprint density at radius 1 is 1.40 bits per heavy atom. The first-order valence-corrected chi connectivity index (χ1v) is 7.81. The number of allylic oxidation sites excluding steroid dienone is 5. The summed E-state index contributed by atoms with van der Waals surface area (Å²) in [5.74, 6) is 0.545. The van der Waals surface area contributed by atoms with Crippen molar-refractivity contribution in [2.24, 2.45) is 5.92 Å². The fourth-order valence-electron chi connectivity index (χ4n) is 3.18. The fraction of sp³-hybridized carbons (Fsp3) is 0.556. The predicted molar refractivity (Wildman–Crippen MR) is 87.6 cm³/mol. The van der Waals surface area contributed by atoms with Crippen molar-refractivity contribution in [3.63, 3.8) is 0 Å². The van der Waals surface area contributed by atoms with Crippen molar-refractivity contribution in [2.45, 2.75) is 33.1 Å². The van der Waals surface area contributed by atoms with Crippen LogP contribution >= 0.6 is 0 Å². The standard InChI is InChI=1S/C18H28N2/c1-5-15-8-6-7-9-17(18(15)19-3)14(2)16-10-12-20(4)13-11-16/h6-8,10,14,19H,5,9,11-13H2,1-4H3. The van der Waals surface area contributed by atoms with Crippen molar-refractivity contribution in [3.8, 4) is 0 Å². The molecule has 0 aromatic carbocycles. The van der Waals surface area contributed by atoms with E-state index < -0.39 is 0 Å². The van der Waals surface area contributed by atoms with Crippen LogP contribution in [0.3, 0.4) is 0 Å². The number of nitrogens with one attached hydrogen (secondary N) is 1. The lowest BCUT2D eigenvalue weighted by Crippen LogP contribution is -2.26. The molecule has 20 heavy (non-hydrogen) atoms. The smallest absolute Gasteiger partial charge is 0.0371 e. The summed E-state index contributed by atoms with van der Waals surface area (Å²) in [6.07, 6.45) is 12.5. The van der Waals surface area contributed by atoms with E-state index in [1.165, 1.54) is 24.2 Å². The summed E-state index contributed by atoms with van der Waals surface area (Å²) in [4.78, 5) is 2.38. The van der Waals surface area contributed by atoms with Gasteiger partial charge in [-0.2, -0.15) is 0 Å². The first-order valence-electron chi connectivity index (χ1n) is 7.81. The van der Waals surface area contributed by atoms with Crippen LogP contribution in [-0.2, 0) is 0 Å². The van der Waals surface area contributed by atoms with Crippen molar-refractivity contribution in [3.05, 3.63) is 46.7 Å². The summed E-state index contributed by atoms with van der Waals surface area (Å²) in [5, 5.41) is 3.46. The second kappa shape index (κ2) is 6.94. The average molecular weight is 272 g/mol. The van der Waals surface area contributed by atoms with E-state index in [2.05, 4.69) is 62.5 Å². The highest BCUT2D eigenvalue weighted by Crippen LogP contribution is 2.33. The van der Waals surface area contributed by atoms with Crippen LogP contribution in [0.4, 0.5) is 0 Å². The van der Waals surface area contributed by atoms with E-state index in [0.29, 0.717) is 5.92 Å². The second-order valence-corrected chi connectivity index (χ2v) is 5.84. The van der Waals surface area contributed by atoms with Gasteiger partial charge in [0.15, 0.2) is 0 Å². The van der Waals surface area contributed by atoms with E-state index in [-0.39, 0.29) is 0 Å². The van der Waals surface area contributed by atoms with Gasteiger partial charge in [-0.15, -0.1) is 0 Å². The van der Waals surface area contributed by atoms with Crippen LogP contribution in [-0.4, -0.2) is 32.1 Å². The van der Waals surface area contributed by atoms with Gasteiger partial charge < -0.3 is 10.2 Å². The van der Waals surface area contributed by atoms with E-state index in [0.717, 1.165) is 19.4 Å². The molecule has 2 nitrogen and oxygen atoms in total. The maximum atomic E-state index is 3.46. The van der Waals surface area contributed by atoms with Crippen LogP contribution in [0.25, 0.3) is 0 Å². The minimum absolute atomic E-state index is 0.545. The van der Waals surface area contributed by atoms with Gasteiger partial charge in [-0.1, -0.05) is 43.7 Å². The Balaban J connectivity index is 2.30. The molecule has 0 bridgehead atoms. The topological polar surface area (TPSA) is 15.3 Å². The summed E-state index contributed by atoms with van der Waals surface area (Å²) in [5.41, 5.74) is 5.95. The third-order valence-corrected chi connectivity index (χ3v) is 4.57. The van der Waals surface area contributed by atoms with Crippen molar-refractivity contribution in [1.29, 1.82) is 0 Å². The third kappa shape index (κ3) is 3.24. The maximum Gasteiger partial charge on any atom is 0.0371 e. The Hall–Kier alpha value is -1.28. The lowest BCUT2D eigenvalue weighted by molar-refractivity contribution is 0.352. The van der Waals surface area contributed by atoms with Crippen molar-refractivity contribution in [2.75, 3.05) is 27.2 Å². The molecule has 0 fully saturated rings. The molecule has 0 aromatic heterocycles. The lowest BCUT2D eigenvalue weighted by atomic mass is 9.85. The normalized spacial score (nSPS) is 22.2. The highest BCUT2D eigenvalue weighted by atomic mass is 15.1. The largest absolute Gasteiger partial charge is 0.388 e. The van der Waals surface area contributed by atoms with E-state index in [4.69, 9.17) is 0 Å². The van der Waals surface area contributed by atoms with Crippen LogP contribution in [0.2, 0.25) is 0 Å². The van der Waals surface area contributed by atoms with E-state index >= 15 is 0 Å². The molecule has 0 amide bonds. The molecule has 2 heteroatoms. The summed E-state index contributed by atoms with van der Waals surface area (Å²) < 4.78 is 0. The summed E-state index contributed by atoms with van der Waals surface area (Å²) in [6.45, 7) is 6.88. The quantitative estimate of drug-likeness (QED) is 0.786. The molecule has 2 rings (SSSR count). The average Bonchev–Trinajstić information content (AvgIpc) is 2.68. The van der Waals surface area contributed by atoms with Gasteiger partial charge >= 0.3 is 0 Å². The van der Waals surface area contributed by atoms with Gasteiger partial charge in [0.05, 0.1) is 0 Å². The van der Waals surface area contributed by atoms with Crippen LogP contribution in [0.5, 0.6) is 0 Å². The van der Waals surface area contributed by atoms with E-state index in [1.807, 2.05) is 0 Å². The molecule has 1 aliphatic heterocycles. The van der Waals surface area contributed by atoms with Crippen molar-refractivity contribution in [1.82, 2.24) is 10.2 Å². The summed E-state index contributed by atoms with van der Waals surface area (Å²) in [7, 11) is 4.25. The zero-order valence-corrected chi connectivity index (χ0v) is 13.4. The van der Waals surface area contributed by atoms with Gasteiger partial charge in [-0.05, 0) is 37.5 Å². The molecule has 0 saturated carbocycles. The molecular weight excluding hydrogens is 244 g/mol. The zero-order chi connectivity index (χ0) is 14.5. The van der Waals surface area contributed by atoms with Crippen molar-refractivity contribution >= 4 is 0 Å². The minimum atomic E-state index is 0.545. The zero-order valence-electron chi connectivity index (χ0n) is 13.4. The molecule has 1 atom stereocenters. The highest BCUT2D eigenvalue weighted by Gasteiger charge is 2.21. The van der Waals surface area contributed by atoms with Gasteiger partial charge in [0.1, 0.15) is 0 Å². The molecule has 1 heterocycles. The van der Waals surface area contributed by atoms with Crippen LogP contribution < -0.4 is 5.32 Å². The summed E-state index contributed by atoms with van der Waals surface area (Å²) in [6, 6.07) is 0. The molecule has 1 N–H and O–H groups in total. The van der Waals surface area contributed by atoms with E-state index in [9.17, 15) is 0 Å². The molecular formula is C18H28N2. The SMILES string of the molecule is CCC1=CC=CCC(C(C)C2=CCN(C)CC2)=C1NC.